The van der Waals surface area contributed by atoms with Crippen molar-refractivity contribution in [2.45, 2.75) is 19.0 Å². The second-order valence-electron chi connectivity index (χ2n) is 7.07. The molecule has 1 spiro atoms. The number of amides is 4. The summed E-state index contributed by atoms with van der Waals surface area (Å²) in [6.07, 6.45) is 0. The Kier molecular flexibility index (Phi) is 4.03. The minimum absolute atomic E-state index is 0.0335. The molecule has 0 bridgehead atoms. The Balaban J connectivity index is 1.78. The maximum atomic E-state index is 13.6. The number of carbonyl (C=O) groups excluding carboxylic acids is 3. The van der Waals surface area contributed by atoms with Gasteiger partial charge in [0.2, 0.25) is 5.54 Å². The third-order valence-corrected chi connectivity index (χ3v) is 4.93. The first-order valence-corrected chi connectivity index (χ1v) is 8.79. The van der Waals surface area contributed by atoms with Gasteiger partial charge in [0, 0.05) is 5.56 Å². The highest BCUT2D eigenvalue weighted by Crippen LogP contribution is 2.44. The second-order valence-corrected chi connectivity index (χ2v) is 7.07. The first-order chi connectivity index (χ1) is 13.3. The Morgan fingerprint density at radius 3 is 2.50 bits per heavy atom. The molecule has 1 unspecified atom stereocenters. The number of fused-ring (bicyclic) bond motifs is 2. The van der Waals surface area contributed by atoms with Crippen molar-refractivity contribution >= 4 is 23.5 Å². The summed E-state index contributed by atoms with van der Waals surface area (Å²) < 4.78 is 13.6. The number of anilines is 1. The molecule has 0 aliphatic carbocycles. The average molecular weight is 379 g/mol. The quantitative estimate of drug-likeness (QED) is 0.505. The summed E-state index contributed by atoms with van der Waals surface area (Å²) in [5.41, 5.74) is 0.337. The van der Waals surface area contributed by atoms with Crippen LogP contribution >= 0.6 is 0 Å². The number of carbonyl (C=O) groups is 3. The molecule has 0 saturated carbocycles. The van der Waals surface area contributed by atoms with Crippen LogP contribution in [0.15, 0.2) is 60.7 Å². The van der Waals surface area contributed by atoms with Crippen LogP contribution in [0.25, 0.3) is 0 Å². The van der Waals surface area contributed by atoms with Crippen LogP contribution in [0.4, 0.5) is 14.9 Å². The SMILES string of the molecule is C=C(C)CN1C(=O)NC2(C1=O)C(=O)N(Cc1cccc(F)c1)c1ccccc12. The average Bonchev–Trinajstić information content (AvgIpc) is 3.03. The Labute approximate surface area is 161 Å². The molecular weight excluding hydrogens is 361 g/mol. The van der Waals surface area contributed by atoms with Gasteiger partial charge in [-0.25, -0.2) is 9.18 Å². The van der Waals surface area contributed by atoms with Crippen molar-refractivity contribution in [3.63, 3.8) is 0 Å². The predicted molar refractivity (Wildman–Crippen MR) is 101 cm³/mol. The van der Waals surface area contributed by atoms with Crippen LogP contribution in [0, 0.1) is 5.82 Å². The molecule has 7 heteroatoms. The van der Waals surface area contributed by atoms with Gasteiger partial charge in [0.25, 0.3) is 11.8 Å². The molecule has 2 aliphatic heterocycles. The van der Waals surface area contributed by atoms with E-state index in [-0.39, 0.29) is 13.1 Å². The fourth-order valence-electron chi connectivity index (χ4n) is 3.75. The highest BCUT2D eigenvalue weighted by Gasteiger charge is 2.63. The van der Waals surface area contributed by atoms with Crippen molar-refractivity contribution in [1.82, 2.24) is 10.2 Å². The lowest BCUT2D eigenvalue weighted by atomic mass is 9.91. The second kappa shape index (κ2) is 6.30. The van der Waals surface area contributed by atoms with Crippen LogP contribution in [0.2, 0.25) is 0 Å². The lowest BCUT2D eigenvalue weighted by Crippen LogP contribution is -2.52. The Morgan fingerprint density at radius 2 is 1.79 bits per heavy atom. The van der Waals surface area contributed by atoms with Gasteiger partial charge in [0.05, 0.1) is 18.8 Å². The van der Waals surface area contributed by atoms with E-state index in [2.05, 4.69) is 11.9 Å². The third kappa shape index (κ3) is 2.51. The van der Waals surface area contributed by atoms with Crippen LogP contribution < -0.4 is 10.2 Å². The van der Waals surface area contributed by atoms with Gasteiger partial charge in [-0.3, -0.25) is 14.5 Å². The number of rotatable bonds is 4. The van der Waals surface area contributed by atoms with Crippen molar-refractivity contribution in [3.05, 3.63) is 77.6 Å². The summed E-state index contributed by atoms with van der Waals surface area (Å²) in [4.78, 5) is 41.5. The predicted octanol–water partition coefficient (Wildman–Crippen LogP) is 2.70. The fraction of sp³-hybridized carbons (Fsp3) is 0.190. The number of nitrogens with one attached hydrogen (secondary N) is 1. The molecule has 4 rings (SSSR count). The monoisotopic (exact) mass is 379 g/mol. The molecule has 1 N–H and O–H groups in total. The van der Waals surface area contributed by atoms with E-state index in [4.69, 9.17) is 0 Å². The molecule has 0 radical (unpaired) electrons. The van der Waals surface area contributed by atoms with Gasteiger partial charge >= 0.3 is 6.03 Å². The summed E-state index contributed by atoms with van der Waals surface area (Å²) in [6, 6.07) is 12.1. The minimum Gasteiger partial charge on any atom is -0.311 e. The van der Waals surface area contributed by atoms with Crippen molar-refractivity contribution < 1.29 is 18.8 Å². The smallest absolute Gasteiger partial charge is 0.311 e. The summed E-state index contributed by atoms with van der Waals surface area (Å²) in [5, 5.41) is 2.60. The summed E-state index contributed by atoms with van der Waals surface area (Å²) in [6.45, 7) is 5.56. The largest absolute Gasteiger partial charge is 0.326 e. The maximum absolute atomic E-state index is 13.6. The number of hydrogen-bond donors (Lipinski definition) is 1. The van der Waals surface area contributed by atoms with Gasteiger partial charge in [-0.15, -0.1) is 0 Å². The number of nitrogens with zero attached hydrogens (tertiary/aromatic N) is 2. The van der Waals surface area contributed by atoms with Crippen LogP contribution in [-0.2, 0) is 21.7 Å². The number of imide groups is 1. The highest BCUT2D eigenvalue weighted by atomic mass is 19.1. The summed E-state index contributed by atoms with van der Waals surface area (Å²) in [5.74, 6) is -1.59. The molecule has 2 aromatic carbocycles. The van der Waals surface area contributed by atoms with E-state index in [1.807, 2.05) is 0 Å². The van der Waals surface area contributed by atoms with Crippen molar-refractivity contribution in [2.75, 3.05) is 11.4 Å². The highest BCUT2D eigenvalue weighted by molar-refractivity contribution is 6.27. The summed E-state index contributed by atoms with van der Waals surface area (Å²) >= 11 is 0. The van der Waals surface area contributed by atoms with Crippen molar-refractivity contribution in [3.8, 4) is 0 Å². The lowest BCUT2D eigenvalue weighted by molar-refractivity contribution is -0.138. The molecule has 142 valence electrons. The first kappa shape index (κ1) is 17.9. The number of halogens is 1. The van der Waals surface area contributed by atoms with E-state index in [1.165, 1.54) is 17.0 Å². The zero-order chi connectivity index (χ0) is 20.1. The standard InChI is InChI=1S/C21H18FN3O3/c1-13(2)11-25-19(27)21(23-20(25)28)16-8-3-4-9-17(16)24(18(21)26)12-14-6-5-7-15(22)10-14/h3-10H,1,11-12H2,2H3,(H,23,28). The fourth-order valence-corrected chi connectivity index (χ4v) is 3.75. The number of hydrogen-bond acceptors (Lipinski definition) is 3. The van der Waals surface area contributed by atoms with Crippen LogP contribution in [0.5, 0.6) is 0 Å². The molecule has 6 nitrogen and oxygen atoms in total. The van der Waals surface area contributed by atoms with E-state index in [1.54, 1.807) is 43.3 Å². The molecule has 4 amide bonds. The zero-order valence-corrected chi connectivity index (χ0v) is 15.2. The lowest BCUT2D eigenvalue weighted by Gasteiger charge is -2.22. The van der Waals surface area contributed by atoms with Gasteiger partial charge in [-0.1, -0.05) is 42.5 Å². The molecule has 28 heavy (non-hydrogen) atoms. The Bertz CT molecular complexity index is 1040. The molecule has 0 aromatic heterocycles. The summed E-state index contributed by atoms with van der Waals surface area (Å²) in [7, 11) is 0. The van der Waals surface area contributed by atoms with E-state index in [9.17, 15) is 18.8 Å². The number of urea groups is 1. The van der Waals surface area contributed by atoms with Crippen molar-refractivity contribution in [2.24, 2.45) is 0 Å². The van der Waals surface area contributed by atoms with Gasteiger partial charge in [-0.05, 0) is 30.7 Å². The van der Waals surface area contributed by atoms with Crippen LogP contribution in [-0.4, -0.2) is 29.3 Å². The van der Waals surface area contributed by atoms with E-state index in [0.717, 1.165) is 4.90 Å². The molecule has 1 saturated heterocycles. The zero-order valence-electron chi connectivity index (χ0n) is 15.2. The molecular formula is C21H18FN3O3. The first-order valence-electron chi connectivity index (χ1n) is 8.79. The minimum atomic E-state index is -1.80. The van der Waals surface area contributed by atoms with Gasteiger partial charge in [0.15, 0.2) is 0 Å². The number of benzene rings is 2. The van der Waals surface area contributed by atoms with Gasteiger partial charge in [-0.2, -0.15) is 0 Å². The topological polar surface area (TPSA) is 69.7 Å². The van der Waals surface area contributed by atoms with E-state index in [0.29, 0.717) is 22.4 Å². The molecule has 1 atom stereocenters. The third-order valence-electron chi connectivity index (χ3n) is 4.93. The van der Waals surface area contributed by atoms with E-state index < -0.39 is 29.2 Å². The van der Waals surface area contributed by atoms with Gasteiger partial charge < -0.3 is 10.2 Å². The van der Waals surface area contributed by atoms with Crippen LogP contribution in [0.1, 0.15) is 18.1 Å². The Morgan fingerprint density at radius 1 is 1.07 bits per heavy atom. The number of para-hydroxylation sites is 1. The molecule has 2 aliphatic rings. The van der Waals surface area contributed by atoms with Gasteiger partial charge in [0.1, 0.15) is 5.82 Å². The molecule has 1 fully saturated rings. The normalized spacial score (nSPS) is 20.7. The maximum Gasteiger partial charge on any atom is 0.326 e. The van der Waals surface area contributed by atoms with Crippen LogP contribution in [0.3, 0.4) is 0 Å². The van der Waals surface area contributed by atoms with E-state index >= 15 is 0 Å². The van der Waals surface area contributed by atoms with Crippen molar-refractivity contribution in [1.29, 1.82) is 0 Å². The molecule has 2 aromatic rings. The Hall–Kier alpha value is -3.48. The molecule has 2 heterocycles.